The molecule has 2 N–H and O–H groups in total. The van der Waals surface area contributed by atoms with Crippen LogP contribution in [0.1, 0.15) is 37.3 Å². The zero-order valence-corrected chi connectivity index (χ0v) is 9.46. The molecule has 0 spiro atoms. The second-order valence-electron chi connectivity index (χ2n) is 4.08. The lowest BCUT2D eigenvalue weighted by molar-refractivity contribution is 0.450. The number of rotatable bonds is 4. The highest BCUT2D eigenvalue weighted by Gasteiger charge is 2.17. The minimum atomic E-state index is 0.515. The summed E-state index contributed by atoms with van der Waals surface area (Å²) in [7, 11) is 0. The van der Waals surface area contributed by atoms with Gasteiger partial charge in [0.2, 0.25) is 0 Å². The molecule has 0 aliphatic carbocycles. The molecule has 0 radical (unpaired) electrons. The van der Waals surface area contributed by atoms with Crippen molar-refractivity contribution in [1.29, 1.82) is 0 Å². The molecule has 0 bridgehead atoms. The number of aryl methyl sites for hydroxylation is 1. The predicted molar refractivity (Wildman–Crippen MR) is 62.4 cm³/mol. The average Bonchev–Trinajstić information content (AvgIpc) is 2.21. The van der Waals surface area contributed by atoms with Gasteiger partial charge in [0, 0.05) is 0 Å². The highest BCUT2D eigenvalue weighted by atomic mass is 14.6. The van der Waals surface area contributed by atoms with Gasteiger partial charge in [-0.15, -0.1) is 0 Å². The fourth-order valence-electron chi connectivity index (χ4n) is 1.95. The summed E-state index contributed by atoms with van der Waals surface area (Å²) >= 11 is 0. The molecule has 1 aromatic carbocycles. The van der Waals surface area contributed by atoms with Gasteiger partial charge in [0.15, 0.2) is 0 Å². The van der Waals surface area contributed by atoms with E-state index in [1.54, 1.807) is 0 Å². The van der Waals surface area contributed by atoms with E-state index in [9.17, 15) is 0 Å². The SMILES string of the molecule is CCC(C)C(CN)c1ccccc1C. The Balaban J connectivity index is 2.94. The van der Waals surface area contributed by atoms with E-state index >= 15 is 0 Å². The molecular weight excluding hydrogens is 170 g/mol. The molecule has 1 rings (SSSR count). The Morgan fingerprint density at radius 1 is 1.29 bits per heavy atom. The third kappa shape index (κ3) is 2.36. The highest BCUT2D eigenvalue weighted by molar-refractivity contribution is 5.29. The molecule has 1 nitrogen and oxygen atoms in total. The van der Waals surface area contributed by atoms with E-state index in [-0.39, 0.29) is 0 Å². The number of benzene rings is 1. The summed E-state index contributed by atoms with van der Waals surface area (Å²) in [6.07, 6.45) is 1.19. The Morgan fingerprint density at radius 3 is 2.43 bits per heavy atom. The maximum Gasteiger partial charge on any atom is -0.000557 e. The van der Waals surface area contributed by atoms with Crippen molar-refractivity contribution in [3.8, 4) is 0 Å². The zero-order valence-electron chi connectivity index (χ0n) is 9.46. The molecule has 0 heterocycles. The van der Waals surface area contributed by atoms with Crippen LogP contribution in [0.4, 0.5) is 0 Å². The Kier molecular flexibility index (Phi) is 4.15. The molecule has 78 valence electrons. The number of hydrogen-bond acceptors (Lipinski definition) is 1. The van der Waals surface area contributed by atoms with Crippen LogP contribution in [-0.2, 0) is 0 Å². The Labute approximate surface area is 87.3 Å². The van der Waals surface area contributed by atoms with Crippen molar-refractivity contribution < 1.29 is 0 Å². The molecule has 0 aromatic heterocycles. The molecule has 0 saturated carbocycles. The van der Waals surface area contributed by atoms with Gasteiger partial charge in [0.25, 0.3) is 0 Å². The normalized spacial score (nSPS) is 15.1. The molecule has 0 fully saturated rings. The first kappa shape index (κ1) is 11.3. The van der Waals surface area contributed by atoms with Gasteiger partial charge in [-0.25, -0.2) is 0 Å². The molecule has 0 saturated heterocycles. The number of nitrogens with two attached hydrogens (primary N) is 1. The van der Waals surface area contributed by atoms with E-state index in [1.165, 1.54) is 17.5 Å². The summed E-state index contributed by atoms with van der Waals surface area (Å²) in [6, 6.07) is 8.57. The smallest absolute Gasteiger partial charge is 0.000557 e. The maximum atomic E-state index is 5.85. The van der Waals surface area contributed by atoms with E-state index in [0.29, 0.717) is 11.8 Å². The lowest BCUT2D eigenvalue weighted by Gasteiger charge is -2.23. The van der Waals surface area contributed by atoms with Crippen LogP contribution in [0.15, 0.2) is 24.3 Å². The van der Waals surface area contributed by atoms with Gasteiger partial charge in [-0.1, -0.05) is 44.5 Å². The topological polar surface area (TPSA) is 26.0 Å². The third-order valence-corrected chi connectivity index (χ3v) is 3.17. The highest BCUT2D eigenvalue weighted by Crippen LogP contribution is 2.27. The Morgan fingerprint density at radius 2 is 1.93 bits per heavy atom. The van der Waals surface area contributed by atoms with Gasteiger partial charge >= 0.3 is 0 Å². The van der Waals surface area contributed by atoms with Gasteiger partial charge in [-0.2, -0.15) is 0 Å². The molecule has 2 unspecified atom stereocenters. The van der Waals surface area contributed by atoms with Crippen molar-refractivity contribution in [3.63, 3.8) is 0 Å². The van der Waals surface area contributed by atoms with Crippen LogP contribution in [0, 0.1) is 12.8 Å². The molecule has 0 aliphatic rings. The van der Waals surface area contributed by atoms with Crippen LogP contribution in [0.5, 0.6) is 0 Å². The van der Waals surface area contributed by atoms with Crippen LogP contribution in [0.2, 0.25) is 0 Å². The van der Waals surface area contributed by atoms with Gasteiger partial charge in [-0.05, 0) is 36.4 Å². The van der Waals surface area contributed by atoms with E-state index in [2.05, 4.69) is 45.0 Å². The molecule has 0 aliphatic heterocycles. The second-order valence-corrected chi connectivity index (χ2v) is 4.08. The standard InChI is InChI=1S/C13H21N/c1-4-10(2)13(9-14)12-8-6-5-7-11(12)3/h5-8,10,13H,4,9,14H2,1-3H3. The Hall–Kier alpha value is -0.820. The van der Waals surface area contributed by atoms with Gasteiger partial charge in [0.1, 0.15) is 0 Å². The molecule has 1 heteroatoms. The first-order chi connectivity index (χ1) is 6.70. The van der Waals surface area contributed by atoms with Crippen LogP contribution < -0.4 is 5.73 Å². The van der Waals surface area contributed by atoms with Crippen LogP contribution >= 0.6 is 0 Å². The summed E-state index contributed by atoms with van der Waals surface area (Å²) in [6.45, 7) is 7.43. The van der Waals surface area contributed by atoms with E-state index in [0.717, 1.165) is 6.54 Å². The third-order valence-electron chi connectivity index (χ3n) is 3.17. The minimum Gasteiger partial charge on any atom is -0.330 e. The molecular formula is C13H21N. The lowest BCUT2D eigenvalue weighted by Crippen LogP contribution is -2.20. The molecule has 14 heavy (non-hydrogen) atoms. The average molecular weight is 191 g/mol. The summed E-state index contributed by atoms with van der Waals surface area (Å²) in [5, 5.41) is 0. The van der Waals surface area contributed by atoms with Crippen LogP contribution in [-0.4, -0.2) is 6.54 Å². The van der Waals surface area contributed by atoms with Gasteiger partial charge in [0.05, 0.1) is 0 Å². The summed E-state index contributed by atoms with van der Waals surface area (Å²) in [4.78, 5) is 0. The van der Waals surface area contributed by atoms with Gasteiger partial charge < -0.3 is 5.73 Å². The fourth-order valence-corrected chi connectivity index (χ4v) is 1.95. The monoisotopic (exact) mass is 191 g/mol. The first-order valence-electron chi connectivity index (χ1n) is 5.46. The maximum absolute atomic E-state index is 5.85. The quantitative estimate of drug-likeness (QED) is 0.777. The van der Waals surface area contributed by atoms with E-state index < -0.39 is 0 Å². The van der Waals surface area contributed by atoms with Crippen molar-refractivity contribution in [2.45, 2.75) is 33.1 Å². The van der Waals surface area contributed by atoms with Crippen molar-refractivity contribution in [2.24, 2.45) is 11.7 Å². The predicted octanol–water partition coefficient (Wildman–Crippen LogP) is 3.08. The summed E-state index contributed by atoms with van der Waals surface area (Å²) in [5.41, 5.74) is 8.63. The minimum absolute atomic E-state index is 0.515. The summed E-state index contributed by atoms with van der Waals surface area (Å²) < 4.78 is 0. The number of hydrogen-bond donors (Lipinski definition) is 1. The molecule has 2 atom stereocenters. The van der Waals surface area contributed by atoms with E-state index in [4.69, 9.17) is 5.73 Å². The van der Waals surface area contributed by atoms with Crippen molar-refractivity contribution in [1.82, 2.24) is 0 Å². The van der Waals surface area contributed by atoms with E-state index in [1.807, 2.05) is 0 Å². The van der Waals surface area contributed by atoms with Crippen molar-refractivity contribution in [2.75, 3.05) is 6.54 Å². The zero-order chi connectivity index (χ0) is 10.6. The van der Waals surface area contributed by atoms with Crippen LogP contribution in [0.25, 0.3) is 0 Å². The van der Waals surface area contributed by atoms with Crippen LogP contribution in [0.3, 0.4) is 0 Å². The lowest BCUT2D eigenvalue weighted by atomic mass is 9.84. The first-order valence-corrected chi connectivity index (χ1v) is 5.46. The van der Waals surface area contributed by atoms with Crippen molar-refractivity contribution in [3.05, 3.63) is 35.4 Å². The molecule has 0 amide bonds. The van der Waals surface area contributed by atoms with Gasteiger partial charge in [-0.3, -0.25) is 0 Å². The largest absolute Gasteiger partial charge is 0.330 e. The second kappa shape index (κ2) is 5.16. The fraction of sp³-hybridized carbons (Fsp3) is 0.538. The molecule has 1 aromatic rings. The van der Waals surface area contributed by atoms with Crippen molar-refractivity contribution >= 4 is 0 Å². The summed E-state index contributed by atoms with van der Waals surface area (Å²) in [5.74, 6) is 1.18. The Bertz CT molecular complexity index is 280.